The molecule has 1 rings (SSSR count). The van der Waals surface area contributed by atoms with Crippen LogP contribution >= 0.6 is 0 Å². The molecule has 116 valence electrons. The molecule has 0 fully saturated rings. The molecule has 1 unspecified atom stereocenters. The average Bonchev–Trinajstić information content (AvgIpc) is 2.07. The van der Waals surface area contributed by atoms with Gasteiger partial charge in [0.05, 0.1) is 13.8 Å². The summed E-state index contributed by atoms with van der Waals surface area (Å²) in [7, 11) is -2.66. The van der Waals surface area contributed by atoms with Crippen molar-refractivity contribution in [3.05, 3.63) is 23.6 Å². The Bertz CT molecular complexity index is 408. The van der Waals surface area contributed by atoms with Crippen molar-refractivity contribution in [2.45, 2.75) is 72.9 Å². The van der Waals surface area contributed by atoms with Gasteiger partial charge in [0.2, 0.25) is 8.32 Å². The van der Waals surface area contributed by atoms with Crippen LogP contribution in [0.4, 0.5) is 0 Å². The molecule has 0 aromatic carbocycles. The van der Waals surface area contributed by atoms with Crippen molar-refractivity contribution >= 4 is 16.4 Å². The van der Waals surface area contributed by atoms with Gasteiger partial charge in [0, 0.05) is 11.8 Å². The van der Waals surface area contributed by atoms with Crippen molar-refractivity contribution < 1.29 is 4.43 Å². The van der Waals surface area contributed by atoms with E-state index in [2.05, 4.69) is 77.9 Å². The van der Waals surface area contributed by atoms with Crippen molar-refractivity contribution in [1.82, 2.24) is 0 Å². The number of hydrogen-bond acceptors (Lipinski definition) is 1. The molecule has 0 heterocycles. The number of hydrogen-bond donors (Lipinski definition) is 0. The summed E-state index contributed by atoms with van der Waals surface area (Å²) in [5.41, 5.74) is 2.95. The third-order valence-corrected chi connectivity index (χ3v) is 5.45. The van der Waals surface area contributed by atoms with Gasteiger partial charge in [0.15, 0.2) is 0 Å². The lowest BCUT2D eigenvalue weighted by molar-refractivity contribution is 0.194. The first-order chi connectivity index (χ1) is 8.70. The molecule has 1 aliphatic rings. The highest BCUT2D eigenvalue weighted by Crippen LogP contribution is 2.46. The van der Waals surface area contributed by atoms with Crippen LogP contribution < -0.4 is 0 Å². The van der Waals surface area contributed by atoms with Gasteiger partial charge in [-0.1, -0.05) is 52.2 Å². The van der Waals surface area contributed by atoms with Crippen molar-refractivity contribution in [2.24, 2.45) is 10.8 Å². The van der Waals surface area contributed by atoms with Gasteiger partial charge in [-0.3, -0.25) is 0 Å². The molecule has 3 heteroatoms. The quantitative estimate of drug-likeness (QED) is 0.580. The zero-order valence-electron chi connectivity index (χ0n) is 15.1. The average molecular weight is 311 g/mol. The van der Waals surface area contributed by atoms with Crippen LogP contribution in [-0.2, 0) is 4.43 Å². The van der Waals surface area contributed by atoms with Crippen molar-refractivity contribution in [2.75, 3.05) is 0 Å². The topological polar surface area (TPSA) is 9.23 Å². The van der Waals surface area contributed by atoms with Gasteiger partial charge >= 0.3 is 0 Å². The van der Waals surface area contributed by atoms with Gasteiger partial charge in [-0.25, -0.2) is 0 Å². The van der Waals surface area contributed by atoms with Gasteiger partial charge in [-0.05, 0) is 37.6 Å². The second-order valence-electron chi connectivity index (χ2n) is 9.55. The molecule has 1 atom stereocenters. The Morgan fingerprint density at radius 3 is 2.05 bits per heavy atom. The van der Waals surface area contributed by atoms with Crippen molar-refractivity contribution in [1.29, 1.82) is 0 Å². The van der Waals surface area contributed by atoms with Crippen LogP contribution in [0.1, 0.15) is 33.6 Å². The third kappa shape index (κ3) is 6.44. The molecule has 0 bridgehead atoms. The van der Waals surface area contributed by atoms with E-state index in [1.54, 1.807) is 0 Å². The van der Waals surface area contributed by atoms with Crippen LogP contribution in [0.25, 0.3) is 0 Å². The molecule has 0 radical (unpaired) electrons. The van der Waals surface area contributed by atoms with Crippen LogP contribution in [0.2, 0.25) is 39.3 Å². The van der Waals surface area contributed by atoms with Gasteiger partial charge in [0.1, 0.15) is 0 Å². The van der Waals surface area contributed by atoms with Crippen LogP contribution in [-0.4, -0.2) is 16.4 Å². The molecule has 0 aromatic rings. The van der Waals surface area contributed by atoms with E-state index < -0.39 is 16.4 Å². The van der Waals surface area contributed by atoms with E-state index in [0.29, 0.717) is 5.41 Å². The minimum absolute atomic E-state index is 0.150. The van der Waals surface area contributed by atoms with Gasteiger partial charge in [0.25, 0.3) is 0 Å². The lowest BCUT2D eigenvalue weighted by Crippen LogP contribution is -2.33. The largest absolute Gasteiger partial charge is 0.548 e. The first kappa shape index (κ1) is 17.8. The van der Waals surface area contributed by atoms with Crippen LogP contribution in [0.3, 0.4) is 0 Å². The van der Waals surface area contributed by atoms with Crippen LogP contribution in [0, 0.1) is 10.8 Å². The molecule has 0 amide bonds. The fourth-order valence-electron chi connectivity index (χ4n) is 3.04. The van der Waals surface area contributed by atoms with E-state index in [4.69, 9.17) is 4.43 Å². The highest BCUT2D eigenvalue weighted by atomic mass is 28.4. The highest BCUT2D eigenvalue weighted by molar-refractivity contribution is 6.80. The first-order valence-electron chi connectivity index (χ1n) is 7.81. The number of allylic oxidation sites excluding steroid dienone is 3. The Hall–Kier alpha value is -0.286. The van der Waals surface area contributed by atoms with E-state index >= 15 is 0 Å². The molecule has 0 saturated heterocycles. The number of rotatable bonds is 4. The summed E-state index contributed by atoms with van der Waals surface area (Å²) in [5.74, 6) is 1.23. The fourth-order valence-corrected chi connectivity index (χ4v) is 4.84. The SMILES string of the molecule is CC1(/C=C/[Si](C)(C)C)C=C(O[Si](C)(C)C)CC(C)(C)C1. The predicted molar refractivity (Wildman–Crippen MR) is 96.1 cm³/mol. The summed E-state index contributed by atoms with van der Waals surface area (Å²) >= 11 is 0. The van der Waals surface area contributed by atoms with E-state index in [1.165, 1.54) is 12.2 Å². The Kier molecular flexibility index (Phi) is 4.87. The fraction of sp³-hybridized carbons (Fsp3) is 0.765. The maximum Gasteiger partial charge on any atom is 0.241 e. The maximum absolute atomic E-state index is 6.32. The van der Waals surface area contributed by atoms with Crippen LogP contribution in [0.5, 0.6) is 0 Å². The summed E-state index contributed by atoms with van der Waals surface area (Å²) in [4.78, 5) is 0. The molecule has 1 nitrogen and oxygen atoms in total. The second kappa shape index (κ2) is 5.49. The normalized spacial score (nSPS) is 27.6. The summed E-state index contributed by atoms with van der Waals surface area (Å²) in [5, 5.41) is 0. The zero-order chi connectivity index (χ0) is 15.8. The molecular weight excluding hydrogens is 276 g/mol. The van der Waals surface area contributed by atoms with E-state index in [-0.39, 0.29) is 5.41 Å². The Balaban J connectivity index is 3.05. The Morgan fingerprint density at radius 2 is 1.60 bits per heavy atom. The summed E-state index contributed by atoms with van der Waals surface area (Å²) in [6.07, 6.45) is 7.13. The lowest BCUT2D eigenvalue weighted by atomic mass is 9.68. The first-order valence-corrected chi connectivity index (χ1v) is 14.8. The summed E-state index contributed by atoms with van der Waals surface area (Å²) in [6.45, 7) is 21.1. The Labute approximate surface area is 128 Å². The molecule has 0 aromatic heterocycles. The van der Waals surface area contributed by atoms with Crippen molar-refractivity contribution in [3.8, 4) is 0 Å². The van der Waals surface area contributed by atoms with Gasteiger partial charge in [-0.2, -0.15) is 0 Å². The summed E-state index contributed by atoms with van der Waals surface area (Å²) < 4.78 is 6.32. The molecule has 0 saturated carbocycles. The molecule has 20 heavy (non-hydrogen) atoms. The van der Waals surface area contributed by atoms with Gasteiger partial charge in [-0.15, -0.1) is 0 Å². The minimum Gasteiger partial charge on any atom is -0.548 e. The molecule has 0 aliphatic heterocycles. The van der Waals surface area contributed by atoms with E-state index in [1.807, 2.05) is 0 Å². The predicted octanol–water partition coefficient (Wildman–Crippen LogP) is 5.98. The highest BCUT2D eigenvalue weighted by Gasteiger charge is 2.36. The van der Waals surface area contributed by atoms with Crippen LogP contribution in [0.15, 0.2) is 23.6 Å². The molecule has 0 spiro atoms. The third-order valence-electron chi connectivity index (χ3n) is 3.40. The Morgan fingerprint density at radius 1 is 1.05 bits per heavy atom. The summed E-state index contributed by atoms with van der Waals surface area (Å²) in [6, 6.07) is 0. The van der Waals surface area contributed by atoms with E-state index in [9.17, 15) is 0 Å². The lowest BCUT2D eigenvalue weighted by Gasteiger charge is -2.41. The molecular formula is C17H34OSi2. The van der Waals surface area contributed by atoms with Crippen molar-refractivity contribution in [3.63, 3.8) is 0 Å². The second-order valence-corrected chi connectivity index (χ2v) is 19.0. The monoisotopic (exact) mass is 310 g/mol. The molecule has 0 N–H and O–H groups in total. The standard InChI is InChI=1S/C17H34OSi2/c1-16(2)12-15(18-20(7,8)9)13-17(3,14-16)10-11-19(4,5)6/h10-11,13H,12,14H2,1-9H3/b11-10+. The molecule has 1 aliphatic carbocycles. The zero-order valence-corrected chi connectivity index (χ0v) is 17.1. The maximum atomic E-state index is 6.32. The van der Waals surface area contributed by atoms with E-state index in [0.717, 1.165) is 6.42 Å². The van der Waals surface area contributed by atoms with Gasteiger partial charge < -0.3 is 4.43 Å². The minimum atomic E-state index is -1.51. The smallest absolute Gasteiger partial charge is 0.241 e.